The molecule has 10 heteroatoms. The molecule has 0 radical (unpaired) electrons. The van der Waals surface area contributed by atoms with Crippen LogP contribution >= 0.6 is 0 Å². The maximum Gasteiger partial charge on any atom is 0.240 e. The summed E-state index contributed by atoms with van der Waals surface area (Å²) in [6.45, 7) is 2.90. The summed E-state index contributed by atoms with van der Waals surface area (Å²) < 4.78 is 37.9. The predicted molar refractivity (Wildman–Crippen MR) is 125 cm³/mol. The molecule has 1 spiro atoms. The van der Waals surface area contributed by atoms with E-state index in [0.29, 0.717) is 18.9 Å². The van der Waals surface area contributed by atoms with Gasteiger partial charge >= 0.3 is 0 Å². The second kappa shape index (κ2) is 10.4. The summed E-state index contributed by atoms with van der Waals surface area (Å²) in [4.78, 5) is 6.86. The summed E-state index contributed by atoms with van der Waals surface area (Å²) in [6, 6.07) is 12.4. The van der Waals surface area contributed by atoms with Crippen LogP contribution in [0.25, 0.3) is 0 Å². The Hall–Kier alpha value is -2.24. The lowest BCUT2D eigenvalue weighted by molar-refractivity contribution is -0.0151. The molecule has 2 saturated heterocycles. The molecule has 3 heterocycles. The first-order valence-electron chi connectivity index (χ1n) is 11.3. The van der Waals surface area contributed by atoms with Gasteiger partial charge in [-0.3, -0.25) is 0 Å². The first-order valence-corrected chi connectivity index (χ1v) is 12.8. The normalized spacial score (nSPS) is 21.3. The highest BCUT2D eigenvalue weighted by Crippen LogP contribution is 2.36. The molecule has 0 aliphatic carbocycles. The Kier molecular flexibility index (Phi) is 7.50. The van der Waals surface area contributed by atoms with Crippen LogP contribution in [0.3, 0.4) is 0 Å². The number of aromatic nitrogens is 1. The second-order valence-corrected chi connectivity index (χ2v) is 10.5. The van der Waals surface area contributed by atoms with Crippen LogP contribution in [0.1, 0.15) is 19.3 Å². The summed E-state index contributed by atoms with van der Waals surface area (Å²) in [7, 11) is -2.18. The molecule has 180 valence electrons. The Morgan fingerprint density at radius 1 is 1.27 bits per heavy atom. The van der Waals surface area contributed by atoms with Gasteiger partial charge in [0.15, 0.2) is 0 Å². The molecule has 1 aromatic heterocycles. The molecule has 33 heavy (non-hydrogen) atoms. The molecule has 9 nitrogen and oxygen atoms in total. The Morgan fingerprint density at radius 2 is 2.09 bits per heavy atom. The number of nitrogens with one attached hydrogen (secondary N) is 2. The number of aliphatic hydroxyl groups is 1. The standard InChI is InChI=1S/C23H32N4O5S/c1-24-33(29,30)21-6-4-5-20(13-21)31-17-19(28)15-26-18-14-23(32-16-18)8-11-27(12-9-23)22-7-2-3-10-25-22/h2-7,10,13,18-19,24,26,28H,8-9,11-12,14-17H2,1H3/t18?,19-/m0/s1. The SMILES string of the molecule is CNS(=O)(=O)c1cccc(OC[C@@H](O)CNC2COC3(CCN(c4ccccn4)CC3)C2)c1. The van der Waals surface area contributed by atoms with Crippen LogP contribution in [0, 0.1) is 0 Å². The minimum absolute atomic E-state index is 0.0633. The van der Waals surface area contributed by atoms with Gasteiger partial charge in [0, 0.05) is 37.9 Å². The summed E-state index contributed by atoms with van der Waals surface area (Å²) in [5.41, 5.74) is -0.107. The number of rotatable bonds is 9. The van der Waals surface area contributed by atoms with E-state index in [0.717, 1.165) is 38.2 Å². The fourth-order valence-electron chi connectivity index (χ4n) is 4.41. The predicted octanol–water partition coefficient (Wildman–Crippen LogP) is 1.15. The summed E-state index contributed by atoms with van der Waals surface area (Å²) in [5.74, 6) is 1.41. The van der Waals surface area contributed by atoms with Crippen molar-refractivity contribution in [1.82, 2.24) is 15.0 Å². The molecule has 2 atom stereocenters. The number of benzene rings is 1. The third-order valence-corrected chi connectivity index (χ3v) is 7.74. The molecule has 0 amide bonds. The largest absolute Gasteiger partial charge is 0.491 e. The molecule has 2 aliphatic rings. The van der Waals surface area contributed by atoms with Crippen molar-refractivity contribution in [3.63, 3.8) is 0 Å². The van der Waals surface area contributed by atoms with Gasteiger partial charge < -0.3 is 24.8 Å². The highest BCUT2D eigenvalue weighted by Gasteiger charge is 2.42. The van der Waals surface area contributed by atoms with Crippen LogP contribution in [0.15, 0.2) is 53.6 Å². The van der Waals surface area contributed by atoms with Gasteiger partial charge in [-0.2, -0.15) is 0 Å². The van der Waals surface area contributed by atoms with Gasteiger partial charge in [0.1, 0.15) is 24.3 Å². The third-order valence-electron chi connectivity index (χ3n) is 6.33. The molecule has 2 aromatic rings. The topological polar surface area (TPSA) is 113 Å². The van der Waals surface area contributed by atoms with E-state index in [-0.39, 0.29) is 23.1 Å². The van der Waals surface area contributed by atoms with Crippen molar-refractivity contribution in [2.45, 2.75) is 41.9 Å². The van der Waals surface area contributed by atoms with Crippen molar-refractivity contribution in [3.05, 3.63) is 48.7 Å². The number of hydrogen-bond donors (Lipinski definition) is 3. The fraction of sp³-hybridized carbons (Fsp3) is 0.522. The van der Waals surface area contributed by atoms with Gasteiger partial charge in [-0.1, -0.05) is 12.1 Å². The van der Waals surface area contributed by atoms with Crippen molar-refractivity contribution < 1.29 is 23.0 Å². The quantitative estimate of drug-likeness (QED) is 0.494. The van der Waals surface area contributed by atoms with Gasteiger partial charge in [0.25, 0.3) is 0 Å². The van der Waals surface area contributed by atoms with Crippen LogP contribution in [-0.4, -0.2) is 76.2 Å². The van der Waals surface area contributed by atoms with Crippen LogP contribution in [0.2, 0.25) is 0 Å². The number of ether oxygens (including phenoxy) is 2. The van der Waals surface area contributed by atoms with Gasteiger partial charge in [0.05, 0.1) is 17.1 Å². The van der Waals surface area contributed by atoms with Crippen LogP contribution < -0.4 is 19.7 Å². The summed E-state index contributed by atoms with van der Waals surface area (Å²) in [6.07, 6.45) is 3.93. The maximum atomic E-state index is 11.9. The zero-order valence-electron chi connectivity index (χ0n) is 18.8. The lowest BCUT2D eigenvalue weighted by Gasteiger charge is -2.39. The minimum atomic E-state index is -3.54. The number of aliphatic hydroxyl groups excluding tert-OH is 1. The van der Waals surface area contributed by atoms with E-state index in [9.17, 15) is 13.5 Å². The fourth-order valence-corrected chi connectivity index (χ4v) is 5.18. The molecular weight excluding hydrogens is 444 g/mol. The number of nitrogens with zero attached hydrogens (tertiary/aromatic N) is 2. The molecule has 2 aliphatic heterocycles. The zero-order valence-corrected chi connectivity index (χ0v) is 19.6. The number of pyridine rings is 1. The number of hydrogen-bond acceptors (Lipinski definition) is 8. The highest BCUT2D eigenvalue weighted by molar-refractivity contribution is 7.89. The summed E-state index contributed by atoms with van der Waals surface area (Å²) >= 11 is 0. The lowest BCUT2D eigenvalue weighted by Crippen LogP contribution is -2.45. The Labute approximate surface area is 195 Å². The van der Waals surface area contributed by atoms with Crippen molar-refractivity contribution in [1.29, 1.82) is 0 Å². The van der Waals surface area contributed by atoms with Crippen LogP contribution in [0.5, 0.6) is 5.75 Å². The second-order valence-electron chi connectivity index (χ2n) is 8.63. The first kappa shape index (κ1) is 23.9. The first-order chi connectivity index (χ1) is 15.9. The van der Waals surface area contributed by atoms with Gasteiger partial charge in [-0.05, 0) is 50.6 Å². The van der Waals surface area contributed by atoms with Crippen molar-refractivity contribution in [2.75, 3.05) is 44.8 Å². The van der Waals surface area contributed by atoms with E-state index in [2.05, 4.69) is 19.9 Å². The monoisotopic (exact) mass is 476 g/mol. The van der Waals surface area contributed by atoms with Crippen molar-refractivity contribution >= 4 is 15.8 Å². The van der Waals surface area contributed by atoms with E-state index in [4.69, 9.17) is 9.47 Å². The molecule has 1 aromatic carbocycles. The average molecular weight is 477 g/mol. The number of anilines is 1. The van der Waals surface area contributed by atoms with Crippen LogP contribution in [0.4, 0.5) is 5.82 Å². The molecule has 0 saturated carbocycles. The Balaban J connectivity index is 1.20. The van der Waals surface area contributed by atoms with E-state index in [1.807, 2.05) is 24.4 Å². The van der Waals surface area contributed by atoms with E-state index < -0.39 is 16.1 Å². The smallest absolute Gasteiger partial charge is 0.240 e. The van der Waals surface area contributed by atoms with Gasteiger partial charge in [0.2, 0.25) is 10.0 Å². The van der Waals surface area contributed by atoms with Crippen molar-refractivity contribution in [2.24, 2.45) is 0 Å². The highest BCUT2D eigenvalue weighted by atomic mass is 32.2. The average Bonchev–Trinajstić information content (AvgIpc) is 3.25. The van der Waals surface area contributed by atoms with Crippen LogP contribution in [-0.2, 0) is 14.8 Å². The summed E-state index contributed by atoms with van der Waals surface area (Å²) in [5, 5.41) is 13.7. The van der Waals surface area contributed by atoms with E-state index in [1.165, 1.54) is 19.2 Å². The molecule has 1 unspecified atom stereocenters. The number of sulfonamides is 1. The van der Waals surface area contributed by atoms with Gasteiger partial charge in [-0.15, -0.1) is 0 Å². The lowest BCUT2D eigenvalue weighted by atomic mass is 9.87. The molecule has 0 bridgehead atoms. The molecule has 2 fully saturated rings. The van der Waals surface area contributed by atoms with E-state index >= 15 is 0 Å². The zero-order chi connectivity index (χ0) is 23.3. The van der Waals surface area contributed by atoms with E-state index in [1.54, 1.807) is 12.1 Å². The molecular formula is C23H32N4O5S. The van der Waals surface area contributed by atoms with Crippen molar-refractivity contribution in [3.8, 4) is 5.75 Å². The third kappa shape index (κ3) is 6.01. The number of piperidine rings is 1. The maximum absolute atomic E-state index is 11.9. The van der Waals surface area contributed by atoms with Gasteiger partial charge in [-0.25, -0.2) is 18.1 Å². The molecule has 4 rings (SSSR count). The molecule has 3 N–H and O–H groups in total. The Morgan fingerprint density at radius 3 is 2.82 bits per heavy atom. The Bertz CT molecular complexity index is 1010. The minimum Gasteiger partial charge on any atom is -0.491 e.